The van der Waals surface area contributed by atoms with Crippen LogP contribution in [-0.2, 0) is 0 Å². The molecular weight excluding hydrogens is 266 g/mol. The van der Waals surface area contributed by atoms with Gasteiger partial charge >= 0.3 is 0 Å². The maximum atomic E-state index is 12.0. The minimum Gasteiger partial charge on any atom is -0.350 e. The Labute approximate surface area is 106 Å². The molecule has 0 aliphatic rings. The number of rotatable bonds is 4. The average Bonchev–Trinajstić information content (AvgIpc) is 2.22. The molecule has 0 saturated heterocycles. The summed E-state index contributed by atoms with van der Waals surface area (Å²) in [6.07, 6.45) is 0.941. The Morgan fingerprint density at radius 3 is 2.75 bits per heavy atom. The van der Waals surface area contributed by atoms with Crippen molar-refractivity contribution in [3.05, 3.63) is 34.9 Å². The van der Waals surface area contributed by atoms with Gasteiger partial charge in [-0.25, -0.2) is 0 Å². The van der Waals surface area contributed by atoms with E-state index in [0.29, 0.717) is 0 Å². The second-order valence-corrected chi connectivity index (χ2v) is 4.89. The lowest BCUT2D eigenvalue weighted by molar-refractivity contribution is 0.0939. The van der Waals surface area contributed by atoms with E-state index in [0.717, 1.165) is 28.4 Å². The Kier molecular flexibility index (Phi) is 5.00. The Hall–Kier alpha value is -0.830. The van der Waals surface area contributed by atoms with Gasteiger partial charge in [-0.3, -0.25) is 4.79 Å². The number of hydrogen-bond donors (Lipinski definition) is 1. The number of carbonyl (C=O) groups excluding carboxylic acids is 1. The highest BCUT2D eigenvalue weighted by molar-refractivity contribution is 9.09. The van der Waals surface area contributed by atoms with Gasteiger partial charge in [0.15, 0.2) is 0 Å². The molecular formula is C13H18BrNO. The van der Waals surface area contributed by atoms with Gasteiger partial charge < -0.3 is 5.32 Å². The molecule has 1 N–H and O–H groups in total. The van der Waals surface area contributed by atoms with Crippen molar-refractivity contribution in [2.24, 2.45) is 0 Å². The largest absolute Gasteiger partial charge is 0.350 e. The maximum Gasteiger partial charge on any atom is 0.251 e. The molecule has 0 aliphatic heterocycles. The smallest absolute Gasteiger partial charge is 0.251 e. The summed E-state index contributed by atoms with van der Waals surface area (Å²) in [6, 6.07) is 6.02. The van der Waals surface area contributed by atoms with Crippen LogP contribution in [0.5, 0.6) is 0 Å². The summed E-state index contributed by atoms with van der Waals surface area (Å²) < 4.78 is 0. The van der Waals surface area contributed by atoms with Crippen molar-refractivity contribution in [1.82, 2.24) is 5.32 Å². The van der Waals surface area contributed by atoms with E-state index in [2.05, 4.69) is 21.2 Å². The monoisotopic (exact) mass is 283 g/mol. The minimum absolute atomic E-state index is 0.0228. The number of hydrogen-bond acceptors (Lipinski definition) is 1. The fraction of sp³-hybridized carbons (Fsp3) is 0.462. The van der Waals surface area contributed by atoms with E-state index < -0.39 is 0 Å². The highest BCUT2D eigenvalue weighted by atomic mass is 79.9. The van der Waals surface area contributed by atoms with Gasteiger partial charge in [-0.05, 0) is 44.4 Å². The van der Waals surface area contributed by atoms with Crippen molar-refractivity contribution < 1.29 is 4.79 Å². The van der Waals surface area contributed by atoms with Crippen LogP contribution < -0.4 is 5.32 Å². The number of benzene rings is 1. The lowest BCUT2D eigenvalue weighted by Gasteiger charge is -2.14. The van der Waals surface area contributed by atoms with Crippen LogP contribution in [0.25, 0.3) is 0 Å². The van der Waals surface area contributed by atoms with Crippen molar-refractivity contribution >= 4 is 21.8 Å². The minimum atomic E-state index is 0.0228. The Balaban J connectivity index is 2.77. The zero-order chi connectivity index (χ0) is 12.1. The summed E-state index contributed by atoms with van der Waals surface area (Å²) in [5.41, 5.74) is 2.99. The van der Waals surface area contributed by atoms with Crippen LogP contribution in [0.2, 0.25) is 0 Å². The van der Waals surface area contributed by atoms with Crippen LogP contribution in [0, 0.1) is 13.8 Å². The van der Waals surface area contributed by atoms with E-state index >= 15 is 0 Å². The van der Waals surface area contributed by atoms with Crippen molar-refractivity contribution in [3.63, 3.8) is 0 Å². The number of alkyl halides is 1. The van der Waals surface area contributed by atoms with Crippen LogP contribution in [-0.4, -0.2) is 17.3 Å². The van der Waals surface area contributed by atoms with Gasteiger partial charge in [-0.1, -0.05) is 28.1 Å². The molecule has 1 rings (SSSR count). The van der Waals surface area contributed by atoms with Gasteiger partial charge in [0.1, 0.15) is 0 Å². The molecule has 0 radical (unpaired) electrons. The molecule has 0 saturated carbocycles. The Morgan fingerprint density at radius 2 is 2.12 bits per heavy atom. The summed E-state index contributed by atoms with van der Waals surface area (Å²) in [6.45, 7) is 6.03. The summed E-state index contributed by atoms with van der Waals surface area (Å²) in [7, 11) is 0. The fourth-order valence-corrected chi connectivity index (χ4v) is 2.22. The van der Waals surface area contributed by atoms with E-state index in [1.165, 1.54) is 0 Å². The topological polar surface area (TPSA) is 29.1 Å². The van der Waals surface area contributed by atoms with Gasteiger partial charge in [0.05, 0.1) is 0 Å². The molecule has 0 aliphatic carbocycles. The van der Waals surface area contributed by atoms with Crippen molar-refractivity contribution in [3.8, 4) is 0 Å². The highest BCUT2D eigenvalue weighted by Crippen LogP contribution is 2.12. The number of nitrogens with one attached hydrogen (secondary N) is 1. The number of aryl methyl sites for hydroxylation is 1. The first-order valence-corrected chi connectivity index (χ1v) is 6.61. The predicted molar refractivity (Wildman–Crippen MR) is 71.3 cm³/mol. The molecule has 1 unspecified atom stereocenters. The van der Waals surface area contributed by atoms with Gasteiger partial charge in [0.2, 0.25) is 0 Å². The molecule has 0 fully saturated rings. The second-order valence-electron chi connectivity index (χ2n) is 4.10. The van der Waals surface area contributed by atoms with Crippen molar-refractivity contribution in [2.75, 3.05) is 5.33 Å². The summed E-state index contributed by atoms with van der Waals surface area (Å²) in [4.78, 5) is 12.0. The molecule has 0 bridgehead atoms. The fourth-order valence-electron chi connectivity index (χ4n) is 1.53. The lowest BCUT2D eigenvalue weighted by Crippen LogP contribution is -2.33. The molecule has 88 valence electrons. The number of halogens is 1. The number of amides is 1. The first kappa shape index (κ1) is 13.2. The first-order valence-electron chi connectivity index (χ1n) is 5.49. The third-order valence-corrected chi connectivity index (χ3v) is 3.23. The normalized spacial score (nSPS) is 12.2. The van der Waals surface area contributed by atoms with E-state index in [9.17, 15) is 4.79 Å². The van der Waals surface area contributed by atoms with Gasteiger partial charge in [-0.15, -0.1) is 0 Å². The van der Waals surface area contributed by atoms with E-state index in [4.69, 9.17) is 0 Å². The van der Waals surface area contributed by atoms with Crippen LogP contribution in [0.3, 0.4) is 0 Å². The quantitative estimate of drug-likeness (QED) is 0.845. The Bertz CT molecular complexity index is 376. The van der Waals surface area contributed by atoms with E-state index in [1.807, 2.05) is 39.0 Å². The molecule has 0 aromatic heterocycles. The molecule has 0 heterocycles. The van der Waals surface area contributed by atoms with Crippen molar-refractivity contribution in [1.29, 1.82) is 0 Å². The van der Waals surface area contributed by atoms with Crippen LogP contribution >= 0.6 is 15.9 Å². The zero-order valence-corrected chi connectivity index (χ0v) is 11.6. The number of carbonyl (C=O) groups is 1. The molecule has 2 nitrogen and oxygen atoms in total. The van der Waals surface area contributed by atoms with Gasteiger partial charge in [-0.2, -0.15) is 0 Å². The maximum absolute atomic E-state index is 12.0. The summed E-state index contributed by atoms with van der Waals surface area (Å²) in [5, 5.41) is 3.90. The zero-order valence-electron chi connectivity index (χ0n) is 10.0. The molecule has 3 heteroatoms. The van der Waals surface area contributed by atoms with Gasteiger partial charge in [0.25, 0.3) is 5.91 Å². The summed E-state index contributed by atoms with van der Waals surface area (Å²) >= 11 is 3.37. The Morgan fingerprint density at radius 1 is 1.44 bits per heavy atom. The molecule has 1 amide bonds. The van der Waals surface area contributed by atoms with Crippen LogP contribution in [0.1, 0.15) is 34.8 Å². The highest BCUT2D eigenvalue weighted by Gasteiger charge is 2.12. The van der Waals surface area contributed by atoms with Crippen LogP contribution in [0.4, 0.5) is 0 Å². The predicted octanol–water partition coefficient (Wildman–Crippen LogP) is 3.21. The SMILES string of the molecule is Cc1cccc(C(=O)NC(C)CCBr)c1C. The average molecular weight is 284 g/mol. The van der Waals surface area contributed by atoms with E-state index in [1.54, 1.807) is 0 Å². The lowest BCUT2D eigenvalue weighted by atomic mass is 10.0. The molecule has 0 spiro atoms. The van der Waals surface area contributed by atoms with Crippen molar-refractivity contribution in [2.45, 2.75) is 33.2 Å². The second kappa shape index (κ2) is 6.04. The molecule has 1 aromatic rings. The third-order valence-electron chi connectivity index (χ3n) is 2.77. The summed E-state index contributed by atoms with van der Waals surface area (Å²) in [5.74, 6) is 0.0228. The first-order chi connectivity index (χ1) is 7.56. The molecule has 1 atom stereocenters. The molecule has 1 aromatic carbocycles. The molecule has 16 heavy (non-hydrogen) atoms. The third kappa shape index (κ3) is 3.34. The van der Waals surface area contributed by atoms with Gasteiger partial charge in [0, 0.05) is 16.9 Å². The standard InChI is InChI=1S/C13H18BrNO/c1-9-5-4-6-12(11(9)3)13(16)15-10(2)7-8-14/h4-6,10H,7-8H2,1-3H3,(H,15,16). The van der Waals surface area contributed by atoms with Crippen LogP contribution in [0.15, 0.2) is 18.2 Å². The van der Waals surface area contributed by atoms with E-state index in [-0.39, 0.29) is 11.9 Å².